The summed E-state index contributed by atoms with van der Waals surface area (Å²) in [6.45, 7) is 10.0. The van der Waals surface area contributed by atoms with E-state index < -0.39 is 0 Å². The molecule has 0 fully saturated rings. The van der Waals surface area contributed by atoms with Crippen LogP contribution in [-0.2, 0) is 4.74 Å². The summed E-state index contributed by atoms with van der Waals surface area (Å²) < 4.78 is 5.47. The minimum atomic E-state index is 0.190. The van der Waals surface area contributed by atoms with Gasteiger partial charge in [0, 0.05) is 12.5 Å². The van der Waals surface area contributed by atoms with Gasteiger partial charge in [-0.1, -0.05) is 39.9 Å². The van der Waals surface area contributed by atoms with Gasteiger partial charge in [-0.05, 0) is 11.8 Å². The molecule has 0 aromatic rings. The van der Waals surface area contributed by atoms with Gasteiger partial charge in [0.25, 0.3) is 0 Å². The predicted octanol–water partition coefficient (Wildman–Crippen LogP) is 2.36. The highest BCUT2D eigenvalue weighted by molar-refractivity contribution is 7.80. The summed E-state index contributed by atoms with van der Waals surface area (Å²) in [6, 6.07) is 0. The lowest BCUT2D eigenvalue weighted by Crippen LogP contribution is -2.23. The van der Waals surface area contributed by atoms with Crippen molar-refractivity contribution in [2.45, 2.75) is 34.1 Å². The summed E-state index contributed by atoms with van der Waals surface area (Å²) in [5.41, 5.74) is 5.80. The number of hydrogen-bond donors (Lipinski definition) is 1. The Bertz CT molecular complexity index is 163. The highest BCUT2D eigenvalue weighted by Crippen LogP contribution is 2.17. The van der Waals surface area contributed by atoms with Crippen LogP contribution in [0.15, 0.2) is 0 Å². The van der Waals surface area contributed by atoms with Gasteiger partial charge in [0.15, 0.2) is 0 Å². The minimum Gasteiger partial charge on any atom is -0.393 e. The summed E-state index contributed by atoms with van der Waals surface area (Å²) in [6.07, 6.45) is 1.07. The van der Waals surface area contributed by atoms with Gasteiger partial charge < -0.3 is 10.5 Å². The smallest absolute Gasteiger partial charge is 0.0779 e. The molecule has 0 aromatic carbocycles. The van der Waals surface area contributed by atoms with Crippen LogP contribution in [0.25, 0.3) is 0 Å². The number of nitrogens with two attached hydrogens (primary N) is 1. The Morgan fingerprint density at radius 3 is 2.38 bits per heavy atom. The third kappa shape index (κ3) is 8.19. The van der Waals surface area contributed by atoms with Crippen molar-refractivity contribution >= 4 is 17.2 Å². The molecule has 0 radical (unpaired) electrons. The Hall–Kier alpha value is -0.150. The van der Waals surface area contributed by atoms with Crippen molar-refractivity contribution < 1.29 is 4.74 Å². The molecule has 0 heterocycles. The van der Waals surface area contributed by atoms with E-state index >= 15 is 0 Å². The molecule has 1 atom stereocenters. The van der Waals surface area contributed by atoms with Crippen molar-refractivity contribution in [2.24, 2.45) is 17.1 Å². The summed E-state index contributed by atoms with van der Waals surface area (Å²) >= 11 is 4.84. The van der Waals surface area contributed by atoms with E-state index in [0.29, 0.717) is 17.0 Å². The SMILES string of the molecule is CC(COCCC(C)(C)C)C(N)=S. The molecule has 3 heteroatoms. The third-order valence-electron chi connectivity index (χ3n) is 1.85. The molecule has 2 nitrogen and oxygen atoms in total. The highest BCUT2D eigenvalue weighted by Gasteiger charge is 2.10. The zero-order valence-electron chi connectivity index (χ0n) is 9.09. The molecule has 0 aliphatic rings. The van der Waals surface area contributed by atoms with Crippen LogP contribution in [0.2, 0.25) is 0 Å². The van der Waals surface area contributed by atoms with Crippen molar-refractivity contribution in [3.8, 4) is 0 Å². The lowest BCUT2D eigenvalue weighted by Gasteiger charge is -2.18. The fourth-order valence-corrected chi connectivity index (χ4v) is 0.789. The topological polar surface area (TPSA) is 35.2 Å². The monoisotopic (exact) mass is 203 g/mol. The second kappa shape index (κ2) is 5.55. The molecule has 0 saturated heterocycles. The maximum absolute atomic E-state index is 5.47. The van der Waals surface area contributed by atoms with Crippen molar-refractivity contribution in [2.75, 3.05) is 13.2 Å². The minimum absolute atomic E-state index is 0.190. The van der Waals surface area contributed by atoms with Crippen LogP contribution in [0.1, 0.15) is 34.1 Å². The molecular formula is C10H21NOS. The molecule has 13 heavy (non-hydrogen) atoms. The van der Waals surface area contributed by atoms with Crippen molar-refractivity contribution in [1.82, 2.24) is 0 Å². The second-order valence-corrected chi connectivity index (χ2v) is 5.16. The average molecular weight is 203 g/mol. The van der Waals surface area contributed by atoms with Gasteiger partial charge >= 0.3 is 0 Å². The number of thiocarbonyl (C=S) groups is 1. The van der Waals surface area contributed by atoms with E-state index in [2.05, 4.69) is 20.8 Å². The summed E-state index contributed by atoms with van der Waals surface area (Å²) in [7, 11) is 0. The molecule has 0 aromatic heterocycles. The molecule has 1 unspecified atom stereocenters. The molecule has 0 aliphatic heterocycles. The summed E-state index contributed by atoms with van der Waals surface area (Å²) in [5.74, 6) is 0.190. The molecule has 0 saturated carbocycles. The average Bonchev–Trinajstić information content (AvgIpc) is 1.95. The van der Waals surface area contributed by atoms with E-state index in [1.165, 1.54) is 0 Å². The number of ether oxygens (including phenoxy) is 1. The molecule has 2 N–H and O–H groups in total. The maximum Gasteiger partial charge on any atom is 0.0779 e. The van der Waals surface area contributed by atoms with Gasteiger partial charge in [0.1, 0.15) is 0 Å². The predicted molar refractivity (Wildman–Crippen MR) is 60.8 cm³/mol. The fraction of sp³-hybridized carbons (Fsp3) is 0.900. The van der Waals surface area contributed by atoms with E-state index in [9.17, 15) is 0 Å². The summed E-state index contributed by atoms with van der Waals surface area (Å²) in [4.78, 5) is 0.538. The van der Waals surface area contributed by atoms with E-state index in [-0.39, 0.29) is 5.92 Å². The van der Waals surface area contributed by atoms with Gasteiger partial charge in [-0.15, -0.1) is 0 Å². The van der Waals surface area contributed by atoms with Crippen LogP contribution in [0, 0.1) is 11.3 Å². The third-order valence-corrected chi connectivity index (χ3v) is 2.25. The Morgan fingerprint density at radius 2 is 2.00 bits per heavy atom. The van der Waals surface area contributed by atoms with Gasteiger partial charge in [-0.3, -0.25) is 0 Å². The van der Waals surface area contributed by atoms with Gasteiger partial charge in [0.2, 0.25) is 0 Å². The molecule has 0 spiro atoms. The lowest BCUT2D eigenvalue weighted by atomic mass is 9.93. The quantitative estimate of drug-likeness (QED) is 0.550. The Morgan fingerprint density at radius 1 is 1.46 bits per heavy atom. The van der Waals surface area contributed by atoms with Crippen molar-refractivity contribution in [3.05, 3.63) is 0 Å². The largest absolute Gasteiger partial charge is 0.393 e. The molecule has 0 amide bonds. The first kappa shape index (κ1) is 12.8. The second-order valence-electron chi connectivity index (χ2n) is 4.69. The first-order valence-corrected chi connectivity index (χ1v) is 5.11. The van der Waals surface area contributed by atoms with Crippen LogP contribution in [-0.4, -0.2) is 18.2 Å². The Labute approximate surface area is 86.8 Å². The zero-order valence-corrected chi connectivity index (χ0v) is 9.91. The van der Waals surface area contributed by atoms with Crippen LogP contribution in [0.3, 0.4) is 0 Å². The van der Waals surface area contributed by atoms with Gasteiger partial charge in [-0.2, -0.15) is 0 Å². The zero-order chi connectivity index (χ0) is 10.5. The maximum atomic E-state index is 5.47. The Kier molecular flexibility index (Phi) is 5.49. The molecule has 0 aliphatic carbocycles. The van der Waals surface area contributed by atoms with Crippen LogP contribution < -0.4 is 5.73 Å². The molecule has 0 bridgehead atoms. The van der Waals surface area contributed by atoms with Crippen molar-refractivity contribution in [1.29, 1.82) is 0 Å². The van der Waals surface area contributed by atoms with E-state index in [4.69, 9.17) is 22.7 Å². The fourth-order valence-electron chi connectivity index (χ4n) is 0.721. The van der Waals surface area contributed by atoms with E-state index in [0.717, 1.165) is 13.0 Å². The molecular weight excluding hydrogens is 182 g/mol. The molecule has 0 rings (SSSR count). The standard InChI is InChI=1S/C10H21NOS/c1-8(9(11)13)7-12-6-5-10(2,3)4/h8H,5-7H2,1-4H3,(H2,11,13). The first-order chi connectivity index (χ1) is 5.83. The first-order valence-electron chi connectivity index (χ1n) is 4.70. The normalized spacial score (nSPS) is 14.2. The number of rotatable bonds is 5. The number of hydrogen-bond acceptors (Lipinski definition) is 2. The Balaban J connectivity index is 3.41. The van der Waals surface area contributed by atoms with Crippen molar-refractivity contribution in [3.63, 3.8) is 0 Å². The van der Waals surface area contributed by atoms with Gasteiger partial charge in [-0.25, -0.2) is 0 Å². The van der Waals surface area contributed by atoms with Crippen LogP contribution in [0.5, 0.6) is 0 Å². The highest BCUT2D eigenvalue weighted by atomic mass is 32.1. The van der Waals surface area contributed by atoms with E-state index in [1.54, 1.807) is 0 Å². The molecule has 78 valence electrons. The lowest BCUT2D eigenvalue weighted by molar-refractivity contribution is 0.0977. The van der Waals surface area contributed by atoms with Crippen LogP contribution in [0.4, 0.5) is 0 Å². The van der Waals surface area contributed by atoms with Crippen LogP contribution >= 0.6 is 12.2 Å². The van der Waals surface area contributed by atoms with Gasteiger partial charge in [0.05, 0.1) is 11.6 Å². The summed E-state index contributed by atoms with van der Waals surface area (Å²) in [5, 5.41) is 0. The van der Waals surface area contributed by atoms with E-state index in [1.807, 2.05) is 6.92 Å².